The predicted molar refractivity (Wildman–Crippen MR) is 83.7 cm³/mol. The molecule has 0 N–H and O–H groups in total. The number of rotatable bonds is 4. The van der Waals surface area contributed by atoms with Crippen molar-refractivity contribution in [1.29, 1.82) is 0 Å². The number of halogens is 1. The summed E-state index contributed by atoms with van der Waals surface area (Å²) >= 11 is 3.46. The summed E-state index contributed by atoms with van der Waals surface area (Å²) in [5, 5.41) is 0. The average molecular weight is 340 g/mol. The van der Waals surface area contributed by atoms with Crippen LogP contribution in [-0.2, 0) is 9.53 Å². The Bertz CT molecular complexity index is 458. The number of hydrogen-bond donors (Lipinski definition) is 0. The van der Waals surface area contributed by atoms with E-state index in [1.54, 1.807) is 0 Å². The predicted octanol–water partition coefficient (Wildman–Crippen LogP) is 3.44. The molecule has 1 fully saturated rings. The fourth-order valence-electron chi connectivity index (χ4n) is 2.79. The fraction of sp³-hybridized carbons (Fsp3) is 0.562. The summed E-state index contributed by atoms with van der Waals surface area (Å²) in [6.07, 6.45) is 0. The Hall–Kier alpha value is -0.870. The minimum Gasteiger partial charge on any atom is -0.466 e. The maximum absolute atomic E-state index is 12.2. The Morgan fingerprint density at radius 2 is 2.00 bits per heavy atom. The van der Waals surface area contributed by atoms with Gasteiger partial charge in [-0.25, -0.2) is 0 Å². The molecule has 1 aliphatic rings. The second-order valence-corrected chi connectivity index (χ2v) is 6.48. The van der Waals surface area contributed by atoms with Gasteiger partial charge in [0.1, 0.15) is 0 Å². The highest BCUT2D eigenvalue weighted by atomic mass is 79.9. The summed E-state index contributed by atoms with van der Waals surface area (Å²) < 4.78 is 6.32. The lowest BCUT2D eigenvalue weighted by Crippen LogP contribution is -2.30. The standard InChI is InChI=1S/C16H22BrNO2/c1-4-20-16(19)15-10-18(11(2)3)9-14(15)12-5-7-13(17)8-6-12/h5-8,11,14-15H,4,9-10H2,1-3H3/t14-,15+/m1/s1. The number of carbonyl (C=O) groups is 1. The zero-order chi connectivity index (χ0) is 14.7. The quantitative estimate of drug-likeness (QED) is 0.787. The van der Waals surface area contributed by atoms with E-state index in [9.17, 15) is 4.79 Å². The Labute approximate surface area is 129 Å². The van der Waals surface area contributed by atoms with Crippen LogP contribution in [0, 0.1) is 5.92 Å². The van der Waals surface area contributed by atoms with Gasteiger partial charge < -0.3 is 4.74 Å². The lowest BCUT2D eigenvalue weighted by atomic mass is 9.89. The Morgan fingerprint density at radius 3 is 2.55 bits per heavy atom. The molecule has 4 heteroatoms. The van der Waals surface area contributed by atoms with Crippen molar-refractivity contribution in [3.63, 3.8) is 0 Å². The maximum atomic E-state index is 12.2. The van der Waals surface area contributed by atoms with E-state index in [1.165, 1.54) is 5.56 Å². The molecule has 0 unspecified atom stereocenters. The number of esters is 1. The molecular formula is C16H22BrNO2. The molecule has 3 nitrogen and oxygen atoms in total. The highest BCUT2D eigenvalue weighted by Gasteiger charge is 2.40. The summed E-state index contributed by atoms with van der Waals surface area (Å²) in [5.41, 5.74) is 1.22. The van der Waals surface area contributed by atoms with Gasteiger partial charge in [0.15, 0.2) is 0 Å². The minimum absolute atomic E-state index is 0.0569. The zero-order valence-corrected chi connectivity index (χ0v) is 13.9. The van der Waals surface area contributed by atoms with Crippen LogP contribution in [0.2, 0.25) is 0 Å². The molecule has 110 valence electrons. The molecule has 20 heavy (non-hydrogen) atoms. The van der Waals surface area contributed by atoms with Gasteiger partial charge in [0.05, 0.1) is 12.5 Å². The van der Waals surface area contributed by atoms with Gasteiger partial charge in [-0.2, -0.15) is 0 Å². The molecule has 1 aromatic rings. The largest absolute Gasteiger partial charge is 0.466 e. The van der Waals surface area contributed by atoms with Gasteiger partial charge in [-0.3, -0.25) is 9.69 Å². The van der Waals surface area contributed by atoms with E-state index >= 15 is 0 Å². The van der Waals surface area contributed by atoms with E-state index in [2.05, 4.69) is 46.8 Å². The molecule has 0 spiro atoms. The molecule has 0 bridgehead atoms. The first kappa shape index (κ1) is 15.5. The molecule has 0 saturated carbocycles. The van der Waals surface area contributed by atoms with Crippen LogP contribution < -0.4 is 0 Å². The summed E-state index contributed by atoms with van der Waals surface area (Å²) in [7, 11) is 0. The smallest absolute Gasteiger partial charge is 0.310 e. The van der Waals surface area contributed by atoms with Crippen LogP contribution in [0.15, 0.2) is 28.7 Å². The molecular weight excluding hydrogens is 318 g/mol. The van der Waals surface area contributed by atoms with Crippen molar-refractivity contribution in [1.82, 2.24) is 4.90 Å². The topological polar surface area (TPSA) is 29.5 Å². The minimum atomic E-state index is -0.0661. The second-order valence-electron chi connectivity index (χ2n) is 5.56. The summed E-state index contributed by atoms with van der Waals surface area (Å²) in [6, 6.07) is 8.73. The molecule has 0 amide bonds. The number of carbonyl (C=O) groups excluding carboxylic acids is 1. The van der Waals surface area contributed by atoms with Crippen LogP contribution in [-0.4, -0.2) is 36.6 Å². The third-order valence-electron chi connectivity index (χ3n) is 3.97. The van der Waals surface area contributed by atoms with Crippen LogP contribution >= 0.6 is 15.9 Å². The monoisotopic (exact) mass is 339 g/mol. The number of likely N-dealkylation sites (tertiary alicyclic amines) is 1. The van der Waals surface area contributed by atoms with Crippen molar-refractivity contribution in [2.45, 2.75) is 32.7 Å². The lowest BCUT2D eigenvalue weighted by Gasteiger charge is -2.20. The highest BCUT2D eigenvalue weighted by molar-refractivity contribution is 9.10. The maximum Gasteiger partial charge on any atom is 0.310 e. The van der Waals surface area contributed by atoms with Crippen LogP contribution in [0.5, 0.6) is 0 Å². The fourth-order valence-corrected chi connectivity index (χ4v) is 3.06. The van der Waals surface area contributed by atoms with Gasteiger partial charge in [0.25, 0.3) is 0 Å². The van der Waals surface area contributed by atoms with Crippen molar-refractivity contribution in [3.8, 4) is 0 Å². The molecule has 0 radical (unpaired) electrons. The SMILES string of the molecule is CCOC(=O)[C@H]1CN(C(C)C)C[C@@H]1c1ccc(Br)cc1. The zero-order valence-electron chi connectivity index (χ0n) is 12.3. The molecule has 2 rings (SSSR count). The second kappa shape index (κ2) is 6.72. The Kier molecular flexibility index (Phi) is 5.22. The number of nitrogens with zero attached hydrogens (tertiary/aromatic N) is 1. The highest BCUT2D eigenvalue weighted by Crippen LogP contribution is 2.35. The van der Waals surface area contributed by atoms with Gasteiger partial charge in [0, 0.05) is 29.5 Å². The van der Waals surface area contributed by atoms with Gasteiger partial charge in [-0.05, 0) is 38.5 Å². The third kappa shape index (κ3) is 3.41. The first-order valence-corrected chi connectivity index (χ1v) is 7.98. The van der Waals surface area contributed by atoms with E-state index < -0.39 is 0 Å². The van der Waals surface area contributed by atoms with E-state index in [-0.39, 0.29) is 17.8 Å². The summed E-state index contributed by atoms with van der Waals surface area (Å²) in [4.78, 5) is 14.6. The van der Waals surface area contributed by atoms with Crippen LogP contribution in [0.4, 0.5) is 0 Å². The van der Waals surface area contributed by atoms with Gasteiger partial charge in [-0.1, -0.05) is 28.1 Å². The van der Waals surface area contributed by atoms with Crippen LogP contribution in [0.1, 0.15) is 32.3 Å². The molecule has 0 aliphatic carbocycles. The Morgan fingerprint density at radius 1 is 1.35 bits per heavy atom. The molecule has 1 saturated heterocycles. The molecule has 0 aromatic heterocycles. The normalized spacial score (nSPS) is 23.2. The molecule has 2 atom stereocenters. The number of ether oxygens (including phenoxy) is 1. The van der Waals surface area contributed by atoms with Crippen molar-refractivity contribution >= 4 is 21.9 Å². The average Bonchev–Trinajstić information content (AvgIpc) is 2.85. The van der Waals surface area contributed by atoms with Crippen molar-refractivity contribution < 1.29 is 9.53 Å². The summed E-state index contributed by atoms with van der Waals surface area (Å²) in [5.74, 6) is 0.103. The van der Waals surface area contributed by atoms with Crippen LogP contribution in [0.25, 0.3) is 0 Å². The van der Waals surface area contributed by atoms with E-state index in [0.717, 1.165) is 17.6 Å². The molecule has 1 aliphatic heterocycles. The van der Waals surface area contributed by atoms with E-state index in [0.29, 0.717) is 12.6 Å². The molecule has 1 aromatic carbocycles. The van der Waals surface area contributed by atoms with Crippen molar-refractivity contribution in [3.05, 3.63) is 34.3 Å². The first-order chi connectivity index (χ1) is 9.52. The van der Waals surface area contributed by atoms with Crippen molar-refractivity contribution in [2.24, 2.45) is 5.92 Å². The van der Waals surface area contributed by atoms with E-state index in [4.69, 9.17) is 4.74 Å². The first-order valence-electron chi connectivity index (χ1n) is 7.19. The van der Waals surface area contributed by atoms with Crippen molar-refractivity contribution in [2.75, 3.05) is 19.7 Å². The van der Waals surface area contributed by atoms with Crippen LogP contribution in [0.3, 0.4) is 0 Å². The van der Waals surface area contributed by atoms with E-state index in [1.807, 2.05) is 19.1 Å². The lowest BCUT2D eigenvalue weighted by molar-refractivity contribution is -0.148. The van der Waals surface area contributed by atoms with Gasteiger partial charge in [-0.15, -0.1) is 0 Å². The van der Waals surface area contributed by atoms with Gasteiger partial charge >= 0.3 is 5.97 Å². The van der Waals surface area contributed by atoms with Gasteiger partial charge in [0.2, 0.25) is 0 Å². The summed E-state index contributed by atoms with van der Waals surface area (Å²) in [6.45, 7) is 8.37. The number of benzene rings is 1. The third-order valence-corrected chi connectivity index (χ3v) is 4.49. The Balaban J connectivity index is 2.22. The molecule has 1 heterocycles. The number of hydrogen-bond acceptors (Lipinski definition) is 3.